The molecule has 5 nitrogen and oxygen atoms in total. The number of rotatable bonds is 2. The summed E-state index contributed by atoms with van der Waals surface area (Å²) in [4.78, 5) is 4.50. The highest BCUT2D eigenvalue weighted by atomic mass is 16.5. The molecule has 1 aliphatic heterocycles. The maximum atomic E-state index is 6.47. The fourth-order valence-corrected chi connectivity index (χ4v) is 2.92. The molecule has 5 heteroatoms. The third kappa shape index (κ3) is 2.29. The largest absolute Gasteiger partial charge is 0.368 e. The highest BCUT2D eigenvalue weighted by Gasteiger charge is 2.34. The second-order valence-corrected chi connectivity index (χ2v) is 5.53. The van der Waals surface area contributed by atoms with Crippen molar-refractivity contribution >= 4 is 0 Å². The predicted molar refractivity (Wildman–Crippen MR) is 65.8 cm³/mol. The summed E-state index contributed by atoms with van der Waals surface area (Å²) in [6.45, 7) is 0.788. The molecule has 1 atom stereocenters. The summed E-state index contributed by atoms with van der Waals surface area (Å²) < 4.78 is 10.9. The zero-order valence-corrected chi connectivity index (χ0v) is 10.7. The Hall–Kier alpha value is -0.940. The van der Waals surface area contributed by atoms with E-state index in [1.165, 1.54) is 12.8 Å². The van der Waals surface area contributed by atoms with E-state index in [2.05, 4.69) is 10.1 Å². The molecule has 0 amide bonds. The number of nitrogens with zero attached hydrogens (tertiary/aromatic N) is 2. The molecule has 2 heterocycles. The van der Waals surface area contributed by atoms with Gasteiger partial charge in [-0.1, -0.05) is 30.8 Å². The number of aromatic nitrogens is 2. The number of hydrogen-bond donors (Lipinski definition) is 1. The lowest BCUT2D eigenvalue weighted by Gasteiger charge is -2.23. The van der Waals surface area contributed by atoms with Crippen molar-refractivity contribution < 1.29 is 9.26 Å². The topological polar surface area (TPSA) is 74.2 Å². The SMILES string of the molecule is NC1(c2noc([C@@H]3CCCO3)n2)CCCCCC1. The Kier molecular flexibility index (Phi) is 3.35. The van der Waals surface area contributed by atoms with E-state index in [1.54, 1.807) is 0 Å². The number of nitrogens with two attached hydrogens (primary N) is 1. The third-order valence-electron chi connectivity index (χ3n) is 4.09. The number of ether oxygens (including phenoxy) is 1. The Morgan fingerprint density at radius 1 is 1.11 bits per heavy atom. The maximum absolute atomic E-state index is 6.47. The molecule has 1 saturated carbocycles. The zero-order valence-electron chi connectivity index (χ0n) is 10.7. The van der Waals surface area contributed by atoms with Crippen molar-refractivity contribution in [1.29, 1.82) is 0 Å². The first-order valence-electron chi connectivity index (χ1n) is 7.02. The third-order valence-corrected chi connectivity index (χ3v) is 4.09. The van der Waals surface area contributed by atoms with Crippen LogP contribution < -0.4 is 5.73 Å². The van der Waals surface area contributed by atoms with Gasteiger partial charge in [0.25, 0.3) is 5.89 Å². The summed E-state index contributed by atoms with van der Waals surface area (Å²) in [7, 11) is 0. The molecular weight excluding hydrogens is 230 g/mol. The number of hydrogen-bond acceptors (Lipinski definition) is 5. The summed E-state index contributed by atoms with van der Waals surface area (Å²) >= 11 is 0. The van der Waals surface area contributed by atoms with Crippen molar-refractivity contribution in [2.24, 2.45) is 5.73 Å². The molecule has 100 valence electrons. The molecule has 1 aromatic rings. The second kappa shape index (κ2) is 4.97. The minimum Gasteiger partial charge on any atom is -0.368 e. The van der Waals surface area contributed by atoms with Crippen LogP contribution in [0.4, 0.5) is 0 Å². The highest BCUT2D eigenvalue weighted by Crippen LogP contribution is 2.34. The van der Waals surface area contributed by atoms with Gasteiger partial charge >= 0.3 is 0 Å². The Labute approximate surface area is 107 Å². The molecule has 1 aromatic heterocycles. The lowest BCUT2D eigenvalue weighted by Crippen LogP contribution is -2.37. The molecule has 1 saturated heterocycles. The molecule has 18 heavy (non-hydrogen) atoms. The van der Waals surface area contributed by atoms with Crippen LogP contribution in [0.2, 0.25) is 0 Å². The Balaban J connectivity index is 1.78. The molecule has 2 fully saturated rings. The van der Waals surface area contributed by atoms with Gasteiger partial charge in [0.2, 0.25) is 0 Å². The molecule has 2 aliphatic rings. The van der Waals surface area contributed by atoms with Crippen LogP contribution in [0.5, 0.6) is 0 Å². The van der Waals surface area contributed by atoms with Crippen LogP contribution in [0.3, 0.4) is 0 Å². The van der Waals surface area contributed by atoms with Gasteiger partial charge in [-0.3, -0.25) is 0 Å². The first-order valence-corrected chi connectivity index (χ1v) is 7.02. The van der Waals surface area contributed by atoms with E-state index in [1.807, 2.05) is 0 Å². The van der Waals surface area contributed by atoms with Crippen LogP contribution in [0.15, 0.2) is 4.52 Å². The van der Waals surface area contributed by atoms with Crippen LogP contribution in [0.1, 0.15) is 69.2 Å². The predicted octanol–water partition coefficient (Wildman–Crippen LogP) is 2.43. The molecule has 2 N–H and O–H groups in total. The van der Waals surface area contributed by atoms with Gasteiger partial charge in [-0.25, -0.2) is 0 Å². The van der Waals surface area contributed by atoms with E-state index < -0.39 is 5.54 Å². The average Bonchev–Trinajstić information content (AvgIpc) is 3.00. The summed E-state index contributed by atoms with van der Waals surface area (Å²) in [5.41, 5.74) is 6.07. The maximum Gasteiger partial charge on any atom is 0.255 e. The molecule has 0 spiro atoms. The first kappa shape index (κ1) is 12.1. The van der Waals surface area contributed by atoms with E-state index in [4.69, 9.17) is 15.0 Å². The summed E-state index contributed by atoms with van der Waals surface area (Å²) in [5.74, 6) is 1.28. The van der Waals surface area contributed by atoms with Crippen LogP contribution in [0, 0.1) is 0 Å². The molecule has 0 radical (unpaired) electrons. The van der Waals surface area contributed by atoms with E-state index in [9.17, 15) is 0 Å². The van der Waals surface area contributed by atoms with Gasteiger partial charge in [0.15, 0.2) is 5.82 Å². The zero-order chi connectivity index (χ0) is 12.4. The lowest BCUT2D eigenvalue weighted by atomic mass is 9.91. The van der Waals surface area contributed by atoms with Crippen molar-refractivity contribution in [3.05, 3.63) is 11.7 Å². The average molecular weight is 251 g/mol. The summed E-state index contributed by atoms with van der Waals surface area (Å²) in [6.07, 6.45) is 8.76. The van der Waals surface area contributed by atoms with Crippen molar-refractivity contribution in [1.82, 2.24) is 10.1 Å². The minimum absolute atomic E-state index is 0.0133. The van der Waals surface area contributed by atoms with E-state index in [0.717, 1.165) is 45.1 Å². The Bertz CT molecular complexity index is 391. The van der Waals surface area contributed by atoms with Crippen molar-refractivity contribution in [3.63, 3.8) is 0 Å². The molecule has 3 rings (SSSR count). The molecule has 0 aromatic carbocycles. The molecule has 1 aliphatic carbocycles. The van der Waals surface area contributed by atoms with E-state index >= 15 is 0 Å². The van der Waals surface area contributed by atoms with Gasteiger partial charge in [0, 0.05) is 6.61 Å². The van der Waals surface area contributed by atoms with Gasteiger partial charge in [-0.05, 0) is 25.7 Å². The minimum atomic E-state index is -0.392. The Morgan fingerprint density at radius 2 is 1.89 bits per heavy atom. The van der Waals surface area contributed by atoms with Crippen LogP contribution in [0.25, 0.3) is 0 Å². The van der Waals surface area contributed by atoms with Gasteiger partial charge in [0.05, 0.1) is 5.54 Å². The van der Waals surface area contributed by atoms with Gasteiger partial charge in [-0.2, -0.15) is 4.98 Å². The van der Waals surface area contributed by atoms with Gasteiger partial charge in [-0.15, -0.1) is 0 Å². The normalized spacial score (nSPS) is 28.2. The van der Waals surface area contributed by atoms with Gasteiger partial charge in [0.1, 0.15) is 6.10 Å². The quantitative estimate of drug-likeness (QED) is 0.817. The van der Waals surface area contributed by atoms with Crippen LogP contribution >= 0.6 is 0 Å². The second-order valence-electron chi connectivity index (χ2n) is 5.53. The Morgan fingerprint density at radius 3 is 2.56 bits per heavy atom. The highest BCUT2D eigenvalue weighted by molar-refractivity contribution is 5.05. The fourth-order valence-electron chi connectivity index (χ4n) is 2.92. The fraction of sp³-hybridized carbons (Fsp3) is 0.846. The smallest absolute Gasteiger partial charge is 0.255 e. The van der Waals surface area contributed by atoms with Gasteiger partial charge < -0.3 is 15.0 Å². The molecular formula is C13H21N3O2. The van der Waals surface area contributed by atoms with E-state index in [-0.39, 0.29) is 6.10 Å². The standard InChI is InChI=1S/C13H21N3O2/c14-13(7-3-1-2-4-8-13)12-15-11(18-16-12)10-6-5-9-17-10/h10H,1-9,14H2/t10-/m0/s1. The van der Waals surface area contributed by atoms with Crippen molar-refractivity contribution in [2.75, 3.05) is 6.61 Å². The van der Waals surface area contributed by atoms with Crippen molar-refractivity contribution in [2.45, 2.75) is 63.0 Å². The van der Waals surface area contributed by atoms with Crippen molar-refractivity contribution in [3.8, 4) is 0 Å². The molecule has 0 bridgehead atoms. The monoisotopic (exact) mass is 251 g/mol. The summed E-state index contributed by atoms with van der Waals surface area (Å²) in [6, 6.07) is 0. The van der Waals surface area contributed by atoms with E-state index in [0.29, 0.717) is 11.7 Å². The molecule has 0 unspecified atom stereocenters. The van der Waals surface area contributed by atoms with Crippen LogP contribution in [-0.4, -0.2) is 16.7 Å². The van der Waals surface area contributed by atoms with Crippen LogP contribution in [-0.2, 0) is 10.3 Å². The summed E-state index contributed by atoms with van der Waals surface area (Å²) in [5, 5.41) is 4.11. The first-order chi connectivity index (χ1) is 8.78. The lowest BCUT2D eigenvalue weighted by molar-refractivity contribution is 0.0835.